The summed E-state index contributed by atoms with van der Waals surface area (Å²) >= 11 is 0. The Morgan fingerprint density at radius 3 is 1.94 bits per heavy atom. The minimum absolute atomic E-state index is 0.0593. The van der Waals surface area contributed by atoms with Crippen LogP contribution < -0.4 is 26.1 Å². The van der Waals surface area contributed by atoms with Gasteiger partial charge in [-0.2, -0.15) is 0 Å². The molecule has 0 radical (unpaired) electrons. The predicted octanol–water partition coefficient (Wildman–Crippen LogP) is 6.49. The Bertz CT molecular complexity index is 2070. The molecule has 49 heavy (non-hydrogen) atoms. The van der Waals surface area contributed by atoms with Gasteiger partial charge in [0.15, 0.2) is 0 Å². The molecule has 0 aliphatic carbocycles. The van der Waals surface area contributed by atoms with Gasteiger partial charge in [0.25, 0.3) is 0 Å². The monoisotopic (exact) mass is 663 g/mol. The number of benzene rings is 6. The zero-order valence-corrected chi connectivity index (χ0v) is 28.3. The Balaban J connectivity index is 1.07. The van der Waals surface area contributed by atoms with Crippen molar-refractivity contribution in [2.45, 2.75) is 6.42 Å². The first-order chi connectivity index (χ1) is 23.9. The van der Waals surface area contributed by atoms with Crippen LogP contribution in [0.2, 0.25) is 0 Å². The number of carbonyl (C=O) groups is 2. The van der Waals surface area contributed by atoms with Gasteiger partial charge in [0, 0.05) is 12.7 Å². The summed E-state index contributed by atoms with van der Waals surface area (Å²) in [6.45, 7) is 0.490. The van der Waals surface area contributed by atoms with E-state index in [1.54, 1.807) is 11.9 Å². The topological polar surface area (TPSA) is 82.0 Å². The van der Waals surface area contributed by atoms with Gasteiger partial charge in [-0.1, -0.05) is 6.07 Å². The summed E-state index contributed by atoms with van der Waals surface area (Å²) in [5, 5.41) is 18.5. The van der Waals surface area contributed by atoms with Crippen LogP contribution in [0.4, 0.5) is 11.4 Å². The second-order valence-electron chi connectivity index (χ2n) is 12.6. The number of fused-ring (bicyclic) bond motifs is 2. The van der Waals surface area contributed by atoms with Gasteiger partial charge >= 0.3 is 230 Å². The summed E-state index contributed by atoms with van der Waals surface area (Å²) in [6, 6.07) is 50.2. The van der Waals surface area contributed by atoms with Crippen molar-refractivity contribution in [3.05, 3.63) is 162 Å². The van der Waals surface area contributed by atoms with Crippen LogP contribution in [0.5, 0.6) is 0 Å². The van der Waals surface area contributed by atoms with Crippen molar-refractivity contribution in [3.8, 4) is 0 Å². The van der Waals surface area contributed by atoms with Crippen LogP contribution in [-0.2, 0) is 11.2 Å². The standard InChI is InChI=1S/C42H38N3O3P/c1-45(29-41(46)47)35-21-19-30-25-32(18-17-31(30)27-35)40-28-34-26-33(20-22-39(34)44-40)42(48)43-23-24-49(36-11-5-2-6-12-36,37-13-7-3-8-14-37)38-15-9-4-10-16-38/h2-22,25-27,49H,23-24,28-29H2,1H3,(H,43,48)(H,46,47). The summed E-state index contributed by atoms with van der Waals surface area (Å²) in [7, 11) is -0.674. The van der Waals surface area contributed by atoms with Gasteiger partial charge in [0.05, 0.1) is 0 Å². The van der Waals surface area contributed by atoms with Crippen molar-refractivity contribution in [1.29, 1.82) is 0 Å². The molecule has 6 nitrogen and oxygen atoms in total. The number of amides is 1. The molecule has 0 fully saturated rings. The second kappa shape index (κ2) is 13.9. The van der Waals surface area contributed by atoms with Crippen LogP contribution in [0.15, 0.2) is 151 Å². The first-order valence-corrected chi connectivity index (χ1v) is 18.7. The van der Waals surface area contributed by atoms with E-state index in [1.165, 1.54) is 15.9 Å². The first-order valence-electron chi connectivity index (χ1n) is 16.5. The number of likely N-dealkylation sites (N-methyl/N-ethyl adjacent to an activating group) is 1. The number of hydrogen-bond donors (Lipinski definition) is 2. The van der Waals surface area contributed by atoms with Gasteiger partial charge < -0.3 is 10.0 Å². The van der Waals surface area contributed by atoms with Crippen LogP contribution in [0.1, 0.15) is 21.5 Å². The molecule has 0 aromatic heterocycles. The molecule has 0 unspecified atom stereocenters. The quantitative estimate of drug-likeness (QED) is 0.155. The number of carboxylic acid groups (broad SMARTS) is 1. The third-order valence-electron chi connectivity index (χ3n) is 9.51. The van der Waals surface area contributed by atoms with Gasteiger partial charge in [-0.25, -0.2) is 0 Å². The van der Waals surface area contributed by atoms with E-state index >= 15 is 0 Å². The van der Waals surface area contributed by atoms with E-state index in [-0.39, 0.29) is 12.5 Å². The van der Waals surface area contributed by atoms with Gasteiger partial charge in [0.1, 0.15) is 6.54 Å². The molecule has 0 spiro atoms. The van der Waals surface area contributed by atoms with E-state index in [1.807, 2.05) is 36.4 Å². The van der Waals surface area contributed by atoms with Crippen LogP contribution in [0, 0.1) is 0 Å². The first kappa shape index (κ1) is 32.0. The molecule has 6 aromatic carbocycles. The van der Waals surface area contributed by atoms with E-state index in [2.05, 4.69) is 115 Å². The number of hydrogen-bond acceptors (Lipinski definition) is 4. The van der Waals surface area contributed by atoms with Crippen molar-refractivity contribution in [2.75, 3.05) is 31.2 Å². The van der Waals surface area contributed by atoms with Crippen LogP contribution in [0.25, 0.3) is 10.8 Å². The summed E-state index contributed by atoms with van der Waals surface area (Å²) in [5.74, 6) is -0.946. The van der Waals surface area contributed by atoms with Crippen LogP contribution >= 0.6 is 7.26 Å². The van der Waals surface area contributed by atoms with Crippen LogP contribution in [-0.4, -0.2) is 49.0 Å². The van der Waals surface area contributed by atoms with Crippen molar-refractivity contribution in [1.82, 2.24) is 5.32 Å². The predicted molar refractivity (Wildman–Crippen MR) is 205 cm³/mol. The van der Waals surface area contributed by atoms with E-state index in [4.69, 9.17) is 10.1 Å². The van der Waals surface area contributed by atoms with Gasteiger partial charge in [0.2, 0.25) is 0 Å². The number of nitrogens with one attached hydrogen (secondary N) is 1. The van der Waals surface area contributed by atoms with Crippen LogP contribution in [0.3, 0.4) is 0 Å². The third kappa shape index (κ3) is 6.61. The molecule has 0 saturated heterocycles. The fraction of sp³-hybridized carbons (Fsp3) is 0.119. The second-order valence-corrected chi connectivity index (χ2v) is 16.6. The minimum atomic E-state index is -2.45. The van der Waals surface area contributed by atoms with Crippen molar-refractivity contribution in [3.63, 3.8) is 0 Å². The molecule has 1 aliphatic rings. The Hall–Kier alpha value is -5.58. The van der Waals surface area contributed by atoms with E-state index in [0.717, 1.165) is 45.1 Å². The average molecular weight is 664 g/mol. The number of anilines is 1. The molecular weight excluding hydrogens is 625 g/mol. The smallest absolute Gasteiger partial charge is 0.0309 e. The number of carbonyl (C=O) groups excluding carboxylic acids is 1. The fourth-order valence-corrected chi connectivity index (χ4v) is 11.7. The summed E-state index contributed by atoms with van der Waals surface area (Å²) in [4.78, 5) is 31.4. The average Bonchev–Trinajstić information content (AvgIpc) is 3.57. The zero-order valence-electron chi connectivity index (χ0n) is 27.3. The van der Waals surface area contributed by atoms with Crippen molar-refractivity contribution in [2.24, 2.45) is 4.99 Å². The molecule has 1 amide bonds. The maximum atomic E-state index is 13.6. The molecular formula is C42H38N3O3P. The number of nitrogens with zero attached hydrogens (tertiary/aromatic N) is 2. The number of aliphatic imine (C=N–C) groups is 1. The fourth-order valence-electron chi connectivity index (χ4n) is 7.02. The molecule has 7 heteroatoms. The molecule has 244 valence electrons. The number of rotatable bonds is 11. The maximum absolute atomic E-state index is 13.6. The molecule has 2 N–H and O–H groups in total. The van der Waals surface area contributed by atoms with Crippen molar-refractivity contribution < 1.29 is 14.7 Å². The van der Waals surface area contributed by atoms with E-state index < -0.39 is 13.2 Å². The normalized spacial score (nSPS) is 12.6. The Morgan fingerprint density at radius 1 is 0.735 bits per heavy atom. The summed E-state index contributed by atoms with van der Waals surface area (Å²) in [6.07, 6.45) is 1.47. The minimum Gasteiger partial charge on any atom is -0.0309 e. The summed E-state index contributed by atoms with van der Waals surface area (Å²) in [5.41, 5.74) is 5.41. The molecule has 6 aromatic rings. The number of carboxylic acids is 1. The van der Waals surface area contributed by atoms with Gasteiger partial charge in [-0.3, -0.25) is 4.79 Å². The van der Waals surface area contributed by atoms with E-state index in [0.29, 0.717) is 18.5 Å². The molecule has 0 atom stereocenters. The molecule has 1 heterocycles. The number of aliphatic carboxylic acids is 1. The Morgan fingerprint density at radius 2 is 1.33 bits per heavy atom. The Kier molecular flexibility index (Phi) is 9.06. The van der Waals surface area contributed by atoms with E-state index in [9.17, 15) is 9.59 Å². The zero-order chi connectivity index (χ0) is 33.8. The third-order valence-corrected chi connectivity index (χ3v) is 14.5. The van der Waals surface area contributed by atoms with Gasteiger partial charge in [-0.15, -0.1) is 0 Å². The van der Waals surface area contributed by atoms with Gasteiger partial charge in [-0.05, 0) is 17.5 Å². The molecule has 1 aliphatic heterocycles. The molecule has 7 rings (SSSR count). The van der Waals surface area contributed by atoms with Crippen molar-refractivity contribution >= 4 is 62.9 Å². The molecule has 0 saturated carbocycles. The SMILES string of the molecule is CN(CC(=O)O)c1ccc2cc(C3=Nc4ccc(C(=O)NCC[PH](c5ccccc5)(c5ccccc5)c5ccccc5)cc4C3)ccc2c1. The Labute approximate surface area is 287 Å². The summed E-state index contributed by atoms with van der Waals surface area (Å²) < 4.78 is 0. The molecule has 0 bridgehead atoms.